The lowest BCUT2D eigenvalue weighted by atomic mass is 9.89. The monoisotopic (exact) mass is 267 g/mol. The van der Waals surface area contributed by atoms with Crippen molar-refractivity contribution in [3.8, 4) is 5.75 Å². The molecule has 0 saturated carbocycles. The summed E-state index contributed by atoms with van der Waals surface area (Å²) in [5, 5.41) is 10.6. The van der Waals surface area contributed by atoms with Crippen LogP contribution in [0.2, 0.25) is 0 Å². The number of methoxy groups -OCH3 is 1. The zero-order chi connectivity index (χ0) is 14.5. The number of benzene rings is 1. The minimum atomic E-state index is -0.624. The van der Waals surface area contributed by atoms with Gasteiger partial charge < -0.3 is 19.5 Å². The first kappa shape index (κ1) is 16.0. The Balaban J connectivity index is 2.93. The van der Waals surface area contributed by atoms with Crippen LogP contribution >= 0.6 is 0 Å². The lowest BCUT2D eigenvalue weighted by molar-refractivity contribution is 0.0142. The number of rotatable bonds is 7. The van der Waals surface area contributed by atoms with Gasteiger partial charge in [0.15, 0.2) is 0 Å². The number of hydrogen-bond acceptors (Lipinski definition) is 4. The van der Waals surface area contributed by atoms with Gasteiger partial charge >= 0.3 is 0 Å². The molecule has 0 aliphatic carbocycles. The molecule has 19 heavy (non-hydrogen) atoms. The molecule has 1 aromatic rings. The van der Waals surface area contributed by atoms with Crippen molar-refractivity contribution in [2.24, 2.45) is 0 Å². The van der Waals surface area contributed by atoms with Gasteiger partial charge in [-0.15, -0.1) is 0 Å². The molecule has 1 aromatic carbocycles. The number of likely N-dealkylation sites (N-methyl/N-ethyl adjacent to an activating group) is 1. The molecule has 0 aliphatic heterocycles. The number of hydrogen-bond donors (Lipinski definition) is 1. The molecule has 0 radical (unpaired) electrons. The van der Waals surface area contributed by atoms with Crippen molar-refractivity contribution in [3.05, 3.63) is 29.8 Å². The largest absolute Gasteiger partial charge is 0.491 e. The molecule has 0 spiro atoms. The lowest BCUT2D eigenvalue weighted by Gasteiger charge is -2.37. The van der Waals surface area contributed by atoms with E-state index in [2.05, 4.69) is 0 Å². The summed E-state index contributed by atoms with van der Waals surface area (Å²) in [7, 11) is 5.55. The van der Waals surface area contributed by atoms with Crippen molar-refractivity contribution in [1.29, 1.82) is 0 Å². The summed E-state index contributed by atoms with van der Waals surface area (Å²) < 4.78 is 10.6. The van der Waals surface area contributed by atoms with Crippen molar-refractivity contribution in [3.63, 3.8) is 0 Å². The number of ether oxygens (including phenoxy) is 2. The van der Waals surface area contributed by atoms with Gasteiger partial charge in [0.05, 0.1) is 6.61 Å². The predicted octanol–water partition coefficient (Wildman–Crippen LogP) is 2.09. The van der Waals surface area contributed by atoms with Crippen LogP contribution in [0.15, 0.2) is 24.3 Å². The highest BCUT2D eigenvalue weighted by molar-refractivity contribution is 5.36. The Morgan fingerprint density at radius 3 is 2.42 bits per heavy atom. The first-order valence-electron chi connectivity index (χ1n) is 6.47. The van der Waals surface area contributed by atoms with Crippen LogP contribution in [-0.4, -0.2) is 50.0 Å². The van der Waals surface area contributed by atoms with E-state index >= 15 is 0 Å². The first-order chi connectivity index (χ1) is 8.91. The van der Waals surface area contributed by atoms with Gasteiger partial charge in [0.2, 0.25) is 0 Å². The minimum Gasteiger partial charge on any atom is -0.491 e. The van der Waals surface area contributed by atoms with Gasteiger partial charge in [-0.1, -0.05) is 18.2 Å². The topological polar surface area (TPSA) is 41.9 Å². The maximum absolute atomic E-state index is 10.6. The van der Waals surface area contributed by atoms with Crippen molar-refractivity contribution >= 4 is 0 Å². The fourth-order valence-corrected chi connectivity index (χ4v) is 1.70. The van der Waals surface area contributed by atoms with E-state index in [4.69, 9.17) is 9.47 Å². The fraction of sp³-hybridized carbons (Fsp3) is 0.600. The normalized spacial score (nSPS) is 13.6. The second kappa shape index (κ2) is 6.89. The van der Waals surface area contributed by atoms with Crippen LogP contribution in [0.4, 0.5) is 0 Å². The first-order valence-corrected chi connectivity index (χ1v) is 6.47. The highest BCUT2D eigenvalue weighted by atomic mass is 16.5. The number of nitrogens with zero attached hydrogens (tertiary/aromatic N) is 1. The SMILES string of the molecule is COCCOc1ccccc1C(O)C(C)(C)N(C)C. The van der Waals surface area contributed by atoms with E-state index in [1.165, 1.54) is 0 Å². The Morgan fingerprint density at radius 1 is 1.21 bits per heavy atom. The zero-order valence-corrected chi connectivity index (χ0v) is 12.5. The van der Waals surface area contributed by atoms with Crippen LogP contribution in [-0.2, 0) is 4.74 Å². The van der Waals surface area contributed by atoms with E-state index < -0.39 is 6.10 Å². The maximum Gasteiger partial charge on any atom is 0.125 e. The standard InChI is InChI=1S/C15H25NO3/c1-15(2,16(3)4)14(17)12-8-6-7-9-13(12)19-11-10-18-5/h6-9,14,17H,10-11H2,1-5H3. The van der Waals surface area contributed by atoms with Gasteiger partial charge in [0.1, 0.15) is 18.5 Å². The van der Waals surface area contributed by atoms with Gasteiger partial charge in [-0.05, 0) is 34.0 Å². The second-order valence-electron chi connectivity index (χ2n) is 5.33. The smallest absolute Gasteiger partial charge is 0.125 e. The van der Waals surface area contributed by atoms with Crippen molar-refractivity contribution in [2.45, 2.75) is 25.5 Å². The summed E-state index contributed by atoms with van der Waals surface area (Å²) in [5.41, 5.74) is 0.429. The van der Waals surface area contributed by atoms with Crippen LogP contribution in [0.5, 0.6) is 5.75 Å². The molecule has 0 aromatic heterocycles. The number of para-hydroxylation sites is 1. The van der Waals surface area contributed by atoms with Gasteiger partial charge in [-0.25, -0.2) is 0 Å². The molecule has 1 unspecified atom stereocenters. The molecule has 0 saturated heterocycles. The molecule has 0 fully saturated rings. The van der Waals surface area contributed by atoms with Crippen molar-refractivity contribution < 1.29 is 14.6 Å². The summed E-state index contributed by atoms with van der Waals surface area (Å²) in [6.45, 7) is 5.01. The van der Waals surface area contributed by atoms with E-state index in [0.717, 1.165) is 5.56 Å². The maximum atomic E-state index is 10.6. The van der Waals surface area contributed by atoms with Gasteiger partial charge in [0.25, 0.3) is 0 Å². The third kappa shape index (κ3) is 3.93. The summed E-state index contributed by atoms with van der Waals surface area (Å²) in [6, 6.07) is 7.59. The Hall–Kier alpha value is -1.10. The van der Waals surface area contributed by atoms with Crippen molar-refractivity contribution in [1.82, 2.24) is 4.90 Å². The zero-order valence-electron chi connectivity index (χ0n) is 12.5. The average Bonchev–Trinajstić information content (AvgIpc) is 2.38. The number of aliphatic hydroxyl groups is 1. The van der Waals surface area contributed by atoms with E-state index in [9.17, 15) is 5.11 Å². The van der Waals surface area contributed by atoms with E-state index in [-0.39, 0.29) is 5.54 Å². The molecule has 0 heterocycles. The van der Waals surface area contributed by atoms with Crippen LogP contribution in [0, 0.1) is 0 Å². The molecule has 108 valence electrons. The minimum absolute atomic E-state index is 0.374. The highest BCUT2D eigenvalue weighted by Crippen LogP contribution is 2.34. The quantitative estimate of drug-likeness (QED) is 0.768. The van der Waals surface area contributed by atoms with Crippen LogP contribution in [0.3, 0.4) is 0 Å². The fourth-order valence-electron chi connectivity index (χ4n) is 1.70. The Bertz CT molecular complexity index is 391. The van der Waals surface area contributed by atoms with Gasteiger partial charge in [-0.2, -0.15) is 0 Å². The summed E-state index contributed by atoms with van der Waals surface area (Å²) in [5.74, 6) is 0.710. The lowest BCUT2D eigenvalue weighted by Crippen LogP contribution is -2.43. The van der Waals surface area contributed by atoms with Crippen LogP contribution < -0.4 is 4.74 Å². The Kier molecular flexibility index (Phi) is 5.79. The third-order valence-electron chi connectivity index (χ3n) is 3.58. The Morgan fingerprint density at radius 2 is 1.84 bits per heavy atom. The molecule has 1 rings (SSSR count). The van der Waals surface area contributed by atoms with Gasteiger partial charge in [0, 0.05) is 18.2 Å². The average molecular weight is 267 g/mol. The molecule has 0 aliphatic rings. The molecule has 4 nitrogen and oxygen atoms in total. The van der Waals surface area contributed by atoms with Gasteiger partial charge in [-0.3, -0.25) is 0 Å². The molecule has 1 atom stereocenters. The van der Waals surface area contributed by atoms with E-state index in [0.29, 0.717) is 19.0 Å². The molecule has 0 bridgehead atoms. The van der Waals surface area contributed by atoms with E-state index in [1.807, 2.05) is 57.1 Å². The molecular weight excluding hydrogens is 242 g/mol. The number of aliphatic hydroxyl groups excluding tert-OH is 1. The third-order valence-corrected chi connectivity index (χ3v) is 3.58. The molecule has 1 N–H and O–H groups in total. The predicted molar refractivity (Wildman–Crippen MR) is 76.5 cm³/mol. The highest BCUT2D eigenvalue weighted by Gasteiger charge is 2.32. The molecule has 0 amide bonds. The summed E-state index contributed by atoms with van der Waals surface area (Å²) in [6.07, 6.45) is -0.624. The summed E-state index contributed by atoms with van der Waals surface area (Å²) >= 11 is 0. The van der Waals surface area contributed by atoms with Crippen molar-refractivity contribution in [2.75, 3.05) is 34.4 Å². The van der Waals surface area contributed by atoms with E-state index in [1.54, 1.807) is 7.11 Å². The molecular formula is C15H25NO3. The van der Waals surface area contributed by atoms with Crippen LogP contribution in [0.1, 0.15) is 25.5 Å². The molecule has 4 heteroatoms. The Labute approximate surface area is 115 Å². The van der Waals surface area contributed by atoms with Crippen LogP contribution in [0.25, 0.3) is 0 Å². The second-order valence-corrected chi connectivity index (χ2v) is 5.33. The summed E-state index contributed by atoms with van der Waals surface area (Å²) in [4.78, 5) is 2.00.